The lowest BCUT2D eigenvalue weighted by Gasteiger charge is -2.04. The van der Waals surface area contributed by atoms with Crippen LogP contribution in [0.25, 0.3) is 6.08 Å². The summed E-state index contributed by atoms with van der Waals surface area (Å²) < 4.78 is 14.3. The van der Waals surface area contributed by atoms with E-state index in [1.54, 1.807) is 36.4 Å². The van der Waals surface area contributed by atoms with E-state index in [1.165, 1.54) is 18.2 Å². The maximum atomic E-state index is 13.5. The Morgan fingerprint density at radius 1 is 1.22 bits per heavy atom. The second-order valence-electron chi connectivity index (χ2n) is 4.78. The average molecular weight is 377 g/mol. The molecule has 23 heavy (non-hydrogen) atoms. The monoisotopic (exact) mass is 376 g/mol. The average Bonchev–Trinajstić information content (AvgIpc) is 2.54. The minimum Gasteiger partial charge on any atom is -0.366 e. The van der Waals surface area contributed by atoms with E-state index < -0.39 is 11.7 Å². The number of hydrogen-bond donors (Lipinski definition) is 2. The molecule has 0 bridgehead atoms. The van der Waals surface area contributed by atoms with Crippen LogP contribution in [0, 0.1) is 5.82 Å². The first-order chi connectivity index (χ1) is 11.0. The Kier molecular flexibility index (Phi) is 5.65. The van der Waals surface area contributed by atoms with Crippen molar-refractivity contribution in [3.8, 4) is 0 Å². The van der Waals surface area contributed by atoms with Gasteiger partial charge in [0.15, 0.2) is 0 Å². The number of nitrogens with two attached hydrogens (primary N) is 1. The summed E-state index contributed by atoms with van der Waals surface area (Å²) in [6, 6.07) is 11.1. The van der Waals surface area contributed by atoms with Gasteiger partial charge in [0.2, 0.25) is 11.8 Å². The van der Waals surface area contributed by atoms with Crippen LogP contribution in [0.5, 0.6) is 0 Å². The molecule has 0 spiro atoms. The summed E-state index contributed by atoms with van der Waals surface area (Å²) in [7, 11) is 0. The van der Waals surface area contributed by atoms with E-state index in [0.717, 1.165) is 10.0 Å². The van der Waals surface area contributed by atoms with Gasteiger partial charge in [-0.25, -0.2) is 4.39 Å². The standard InChI is InChI=1S/C17H14BrFN2O2/c18-14-5-6-15(19)12(9-14)4-7-16(22)21-10-11-2-1-3-13(8-11)17(20)23/h1-9H,10H2,(H2,20,23)(H,21,22)/b7-4+. The third-order valence-corrected chi connectivity index (χ3v) is 3.54. The van der Waals surface area contributed by atoms with Crippen molar-refractivity contribution in [3.63, 3.8) is 0 Å². The molecule has 6 heteroatoms. The Labute approximate surface area is 141 Å². The van der Waals surface area contributed by atoms with Gasteiger partial charge in [0.1, 0.15) is 5.82 Å². The summed E-state index contributed by atoms with van der Waals surface area (Å²) in [5.41, 5.74) is 6.64. The lowest BCUT2D eigenvalue weighted by molar-refractivity contribution is -0.116. The van der Waals surface area contributed by atoms with Crippen LogP contribution in [0.3, 0.4) is 0 Å². The molecule has 0 fully saturated rings. The molecule has 0 unspecified atom stereocenters. The maximum absolute atomic E-state index is 13.5. The normalized spacial score (nSPS) is 10.7. The van der Waals surface area contributed by atoms with Crippen LogP contribution in [0.2, 0.25) is 0 Å². The van der Waals surface area contributed by atoms with Gasteiger partial charge in [0.25, 0.3) is 0 Å². The Hall–Kier alpha value is -2.47. The zero-order chi connectivity index (χ0) is 16.8. The van der Waals surface area contributed by atoms with Crippen molar-refractivity contribution in [2.75, 3.05) is 0 Å². The van der Waals surface area contributed by atoms with Gasteiger partial charge in [-0.15, -0.1) is 0 Å². The third kappa shape index (κ3) is 5.03. The fraction of sp³-hybridized carbons (Fsp3) is 0.0588. The molecule has 2 rings (SSSR count). The van der Waals surface area contributed by atoms with Crippen LogP contribution < -0.4 is 11.1 Å². The van der Waals surface area contributed by atoms with Crippen molar-refractivity contribution < 1.29 is 14.0 Å². The summed E-state index contributed by atoms with van der Waals surface area (Å²) in [6.07, 6.45) is 2.65. The number of benzene rings is 2. The molecule has 0 aliphatic carbocycles. The van der Waals surface area contributed by atoms with Crippen molar-refractivity contribution in [3.05, 3.63) is 75.5 Å². The Balaban J connectivity index is 1.97. The summed E-state index contributed by atoms with van der Waals surface area (Å²) in [6.45, 7) is 0.241. The van der Waals surface area contributed by atoms with Gasteiger partial charge in [-0.05, 0) is 42.0 Å². The smallest absolute Gasteiger partial charge is 0.248 e. The molecule has 0 atom stereocenters. The fourth-order valence-electron chi connectivity index (χ4n) is 1.89. The highest BCUT2D eigenvalue weighted by molar-refractivity contribution is 9.10. The van der Waals surface area contributed by atoms with E-state index >= 15 is 0 Å². The summed E-state index contributed by atoms with van der Waals surface area (Å²) >= 11 is 3.24. The first kappa shape index (κ1) is 16.9. The molecule has 0 saturated heterocycles. The second kappa shape index (κ2) is 7.69. The topological polar surface area (TPSA) is 72.2 Å². The lowest BCUT2D eigenvalue weighted by atomic mass is 10.1. The number of nitrogens with one attached hydrogen (secondary N) is 1. The van der Waals surface area contributed by atoms with Crippen LogP contribution >= 0.6 is 15.9 Å². The summed E-state index contributed by atoms with van der Waals surface area (Å²) in [5, 5.41) is 2.66. The molecule has 0 aliphatic rings. The van der Waals surface area contributed by atoms with Crippen LogP contribution in [-0.2, 0) is 11.3 Å². The molecule has 4 nitrogen and oxygen atoms in total. The van der Waals surface area contributed by atoms with Gasteiger partial charge in [-0.3, -0.25) is 9.59 Å². The first-order valence-corrected chi connectivity index (χ1v) is 7.55. The van der Waals surface area contributed by atoms with E-state index in [0.29, 0.717) is 11.1 Å². The number of hydrogen-bond acceptors (Lipinski definition) is 2. The van der Waals surface area contributed by atoms with Crippen molar-refractivity contribution in [2.45, 2.75) is 6.54 Å². The third-order valence-electron chi connectivity index (χ3n) is 3.05. The minimum absolute atomic E-state index is 0.241. The van der Waals surface area contributed by atoms with E-state index in [9.17, 15) is 14.0 Å². The number of amides is 2. The number of carbonyl (C=O) groups is 2. The van der Waals surface area contributed by atoms with Gasteiger partial charge >= 0.3 is 0 Å². The van der Waals surface area contributed by atoms with Crippen LogP contribution in [-0.4, -0.2) is 11.8 Å². The van der Waals surface area contributed by atoms with E-state index in [-0.39, 0.29) is 12.5 Å². The van der Waals surface area contributed by atoms with Gasteiger partial charge in [0.05, 0.1) is 0 Å². The molecule has 0 aromatic heterocycles. The van der Waals surface area contributed by atoms with Crippen LogP contribution in [0.15, 0.2) is 53.0 Å². The summed E-state index contributed by atoms with van der Waals surface area (Å²) in [5.74, 6) is -1.30. The van der Waals surface area contributed by atoms with E-state index in [4.69, 9.17) is 5.73 Å². The molecule has 0 radical (unpaired) electrons. The Morgan fingerprint density at radius 2 is 2.00 bits per heavy atom. The molecule has 118 valence electrons. The van der Waals surface area contributed by atoms with Gasteiger partial charge in [-0.2, -0.15) is 0 Å². The number of halogens is 2. The van der Waals surface area contributed by atoms with E-state index in [1.807, 2.05) is 0 Å². The highest BCUT2D eigenvalue weighted by atomic mass is 79.9. The van der Waals surface area contributed by atoms with Crippen molar-refractivity contribution in [2.24, 2.45) is 5.73 Å². The Morgan fingerprint density at radius 3 is 2.74 bits per heavy atom. The van der Waals surface area contributed by atoms with Crippen molar-refractivity contribution >= 4 is 33.8 Å². The number of rotatable bonds is 5. The molecule has 2 amide bonds. The SMILES string of the molecule is NC(=O)c1cccc(CNC(=O)/C=C/c2cc(Br)ccc2F)c1. The fourth-order valence-corrected chi connectivity index (χ4v) is 2.27. The zero-order valence-electron chi connectivity index (χ0n) is 12.1. The number of primary amides is 1. The van der Waals surface area contributed by atoms with Crippen molar-refractivity contribution in [1.29, 1.82) is 0 Å². The van der Waals surface area contributed by atoms with Gasteiger partial charge in [-0.1, -0.05) is 28.1 Å². The molecule has 2 aromatic rings. The molecule has 0 saturated carbocycles. The minimum atomic E-state index is -0.525. The molecule has 3 N–H and O–H groups in total. The molecular formula is C17H14BrFN2O2. The quantitative estimate of drug-likeness (QED) is 0.787. The molecule has 2 aromatic carbocycles. The zero-order valence-corrected chi connectivity index (χ0v) is 13.6. The predicted octanol–water partition coefficient (Wildman–Crippen LogP) is 3.02. The second-order valence-corrected chi connectivity index (χ2v) is 5.70. The molecule has 0 heterocycles. The number of carbonyl (C=O) groups excluding carboxylic acids is 2. The highest BCUT2D eigenvalue weighted by Gasteiger charge is 2.03. The highest BCUT2D eigenvalue weighted by Crippen LogP contribution is 2.16. The maximum Gasteiger partial charge on any atom is 0.248 e. The lowest BCUT2D eigenvalue weighted by Crippen LogP contribution is -2.20. The van der Waals surface area contributed by atoms with Gasteiger partial charge in [0, 0.05) is 28.2 Å². The molecular weight excluding hydrogens is 363 g/mol. The van der Waals surface area contributed by atoms with E-state index in [2.05, 4.69) is 21.2 Å². The summed E-state index contributed by atoms with van der Waals surface area (Å²) in [4.78, 5) is 22.9. The largest absolute Gasteiger partial charge is 0.366 e. The molecule has 0 aliphatic heterocycles. The Bertz CT molecular complexity index is 775. The predicted molar refractivity (Wildman–Crippen MR) is 89.9 cm³/mol. The van der Waals surface area contributed by atoms with Crippen LogP contribution in [0.1, 0.15) is 21.5 Å². The van der Waals surface area contributed by atoms with Crippen molar-refractivity contribution in [1.82, 2.24) is 5.32 Å². The first-order valence-electron chi connectivity index (χ1n) is 6.75. The van der Waals surface area contributed by atoms with Gasteiger partial charge < -0.3 is 11.1 Å². The van der Waals surface area contributed by atoms with Crippen LogP contribution in [0.4, 0.5) is 4.39 Å².